The molecule has 1 unspecified atom stereocenters. The van der Waals surface area contributed by atoms with Crippen LogP contribution in [0, 0.1) is 5.92 Å². The minimum Gasteiger partial charge on any atom is -0.381 e. The van der Waals surface area contributed by atoms with Crippen LogP contribution in [0.4, 0.5) is 5.82 Å². The zero-order valence-corrected chi connectivity index (χ0v) is 10.3. The molecule has 1 aromatic heterocycles. The molecule has 4 nitrogen and oxygen atoms in total. The van der Waals surface area contributed by atoms with E-state index in [-0.39, 0.29) is 0 Å². The normalized spacial score (nSPS) is 19.2. The first kappa shape index (κ1) is 11.4. The summed E-state index contributed by atoms with van der Waals surface area (Å²) in [6, 6.07) is 7.92. The molecule has 1 atom stereocenters. The summed E-state index contributed by atoms with van der Waals surface area (Å²) in [4.78, 5) is 8.92. The number of nitrogens with one attached hydrogen (secondary N) is 1. The van der Waals surface area contributed by atoms with Crippen molar-refractivity contribution in [1.82, 2.24) is 9.97 Å². The average Bonchev–Trinajstić information content (AvgIpc) is 2.92. The molecule has 0 amide bonds. The van der Waals surface area contributed by atoms with Crippen LogP contribution in [0.2, 0.25) is 0 Å². The van der Waals surface area contributed by atoms with Crippen molar-refractivity contribution in [2.24, 2.45) is 5.92 Å². The van der Waals surface area contributed by atoms with E-state index >= 15 is 0 Å². The third-order valence-electron chi connectivity index (χ3n) is 3.33. The smallest absolute Gasteiger partial charge is 0.145 e. The first-order valence-corrected chi connectivity index (χ1v) is 6.45. The Balaban J connectivity index is 1.60. The lowest BCUT2D eigenvalue weighted by molar-refractivity contribution is 0.185. The SMILES string of the molecule is c1ccc2nc(NCCC3CCOC3)cnc2c1. The molecule has 1 aliphatic rings. The van der Waals surface area contributed by atoms with Crippen molar-refractivity contribution in [3.8, 4) is 0 Å². The molecule has 1 saturated heterocycles. The van der Waals surface area contributed by atoms with Gasteiger partial charge in [-0.1, -0.05) is 12.1 Å². The number of aromatic nitrogens is 2. The van der Waals surface area contributed by atoms with Gasteiger partial charge in [0.2, 0.25) is 0 Å². The molecule has 0 spiro atoms. The fraction of sp³-hybridized carbons (Fsp3) is 0.429. The monoisotopic (exact) mass is 243 g/mol. The lowest BCUT2D eigenvalue weighted by Gasteiger charge is -2.09. The number of ether oxygens (including phenoxy) is 1. The predicted octanol–water partition coefficient (Wildman–Crippen LogP) is 2.47. The molecule has 0 bridgehead atoms. The Kier molecular flexibility index (Phi) is 3.37. The maximum absolute atomic E-state index is 5.36. The third-order valence-corrected chi connectivity index (χ3v) is 3.33. The van der Waals surface area contributed by atoms with E-state index in [1.165, 1.54) is 6.42 Å². The van der Waals surface area contributed by atoms with Gasteiger partial charge in [0.05, 0.1) is 17.2 Å². The highest BCUT2D eigenvalue weighted by atomic mass is 16.5. The van der Waals surface area contributed by atoms with Crippen molar-refractivity contribution in [2.45, 2.75) is 12.8 Å². The van der Waals surface area contributed by atoms with Crippen LogP contribution in [0.1, 0.15) is 12.8 Å². The Morgan fingerprint density at radius 1 is 1.28 bits per heavy atom. The van der Waals surface area contributed by atoms with Crippen molar-refractivity contribution in [1.29, 1.82) is 0 Å². The topological polar surface area (TPSA) is 47.0 Å². The van der Waals surface area contributed by atoms with E-state index in [0.29, 0.717) is 5.92 Å². The van der Waals surface area contributed by atoms with Crippen LogP contribution < -0.4 is 5.32 Å². The van der Waals surface area contributed by atoms with E-state index in [1.54, 1.807) is 6.20 Å². The maximum Gasteiger partial charge on any atom is 0.145 e. The maximum atomic E-state index is 5.36. The summed E-state index contributed by atoms with van der Waals surface area (Å²) in [7, 11) is 0. The van der Waals surface area contributed by atoms with Gasteiger partial charge in [0.15, 0.2) is 0 Å². The van der Waals surface area contributed by atoms with Crippen LogP contribution in [-0.2, 0) is 4.74 Å². The van der Waals surface area contributed by atoms with Gasteiger partial charge in [0.1, 0.15) is 5.82 Å². The Labute approximate surface area is 106 Å². The summed E-state index contributed by atoms with van der Waals surface area (Å²) in [5, 5.41) is 3.33. The minimum atomic E-state index is 0.700. The number of benzene rings is 1. The van der Waals surface area contributed by atoms with E-state index < -0.39 is 0 Å². The van der Waals surface area contributed by atoms with E-state index in [4.69, 9.17) is 4.74 Å². The number of rotatable bonds is 4. The van der Waals surface area contributed by atoms with Crippen LogP contribution in [0.15, 0.2) is 30.5 Å². The molecule has 4 heteroatoms. The van der Waals surface area contributed by atoms with Crippen LogP contribution in [0.25, 0.3) is 11.0 Å². The molecule has 1 N–H and O–H groups in total. The molecule has 94 valence electrons. The second kappa shape index (κ2) is 5.31. The summed E-state index contributed by atoms with van der Waals surface area (Å²) in [5.74, 6) is 1.55. The molecule has 0 radical (unpaired) electrons. The quantitative estimate of drug-likeness (QED) is 0.896. The van der Waals surface area contributed by atoms with Crippen LogP contribution in [0.5, 0.6) is 0 Å². The Morgan fingerprint density at radius 2 is 2.17 bits per heavy atom. The Bertz CT molecular complexity index is 523. The van der Waals surface area contributed by atoms with Crippen molar-refractivity contribution >= 4 is 16.9 Å². The fourth-order valence-corrected chi connectivity index (χ4v) is 2.26. The molecule has 3 rings (SSSR count). The summed E-state index contributed by atoms with van der Waals surface area (Å²) in [5.41, 5.74) is 1.87. The number of hydrogen-bond acceptors (Lipinski definition) is 4. The molecule has 0 saturated carbocycles. The van der Waals surface area contributed by atoms with Gasteiger partial charge < -0.3 is 10.1 Å². The molecule has 18 heavy (non-hydrogen) atoms. The molecular formula is C14H17N3O. The highest BCUT2D eigenvalue weighted by Crippen LogP contribution is 2.16. The van der Waals surface area contributed by atoms with Crippen LogP contribution in [-0.4, -0.2) is 29.7 Å². The summed E-state index contributed by atoms with van der Waals surface area (Å²) >= 11 is 0. The number of para-hydroxylation sites is 2. The van der Waals surface area contributed by atoms with E-state index in [9.17, 15) is 0 Å². The highest BCUT2D eigenvalue weighted by Gasteiger charge is 2.14. The van der Waals surface area contributed by atoms with Crippen molar-refractivity contribution < 1.29 is 4.74 Å². The van der Waals surface area contributed by atoms with Gasteiger partial charge >= 0.3 is 0 Å². The second-order valence-corrected chi connectivity index (χ2v) is 4.69. The number of anilines is 1. The minimum absolute atomic E-state index is 0.700. The van der Waals surface area contributed by atoms with Gasteiger partial charge in [-0.15, -0.1) is 0 Å². The van der Waals surface area contributed by atoms with E-state index in [0.717, 1.165) is 43.0 Å². The summed E-state index contributed by atoms with van der Waals surface area (Å²) in [6.45, 7) is 2.76. The second-order valence-electron chi connectivity index (χ2n) is 4.69. The van der Waals surface area contributed by atoms with Crippen LogP contribution >= 0.6 is 0 Å². The van der Waals surface area contributed by atoms with Crippen molar-refractivity contribution in [2.75, 3.05) is 25.1 Å². The van der Waals surface area contributed by atoms with Gasteiger partial charge in [-0.05, 0) is 30.9 Å². The van der Waals surface area contributed by atoms with Gasteiger partial charge in [-0.2, -0.15) is 0 Å². The van der Waals surface area contributed by atoms with Crippen molar-refractivity contribution in [3.63, 3.8) is 0 Å². The van der Waals surface area contributed by atoms with Gasteiger partial charge in [-0.3, -0.25) is 4.98 Å². The standard InChI is InChI=1S/C14H17N3O/c1-2-4-13-12(3-1)16-9-14(17-13)15-7-5-11-6-8-18-10-11/h1-4,9,11H,5-8,10H2,(H,15,17). The molecule has 2 aromatic rings. The van der Waals surface area contributed by atoms with E-state index in [1.807, 2.05) is 24.3 Å². The number of fused-ring (bicyclic) bond motifs is 1. The zero-order valence-electron chi connectivity index (χ0n) is 10.3. The summed E-state index contributed by atoms with van der Waals surface area (Å²) in [6.07, 6.45) is 4.12. The zero-order chi connectivity index (χ0) is 12.2. The third kappa shape index (κ3) is 2.59. The van der Waals surface area contributed by atoms with E-state index in [2.05, 4.69) is 15.3 Å². The molecule has 2 heterocycles. The number of nitrogens with zero attached hydrogens (tertiary/aromatic N) is 2. The highest BCUT2D eigenvalue weighted by molar-refractivity contribution is 5.75. The Morgan fingerprint density at radius 3 is 3.00 bits per heavy atom. The molecule has 1 aliphatic heterocycles. The van der Waals surface area contributed by atoms with Gasteiger partial charge in [0.25, 0.3) is 0 Å². The van der Waals surface area contributed by atoms with Gasteiger partial charge in [0, 0.05) is 19.8 Å². The Hall–Kier alpha value is -1.68. The largest absolute Gasteiger partial charge is 0.381 e. The lowest BCUT2D eigenvalue weighted by atomic mass is 10.1. The predicted molar refractivity (Wildman–Crippen MR) is 71.6 cm³/mol. The van der Waals surface area contributed by atoms with Gasteiger partial charge in [-0.25, -0.2) is 4.98 Å². The first-order valence-electron chi connectivity index (χ1n) is 6.45. The molecular weight excluding hydrogens is 226 g/mol. The average molecular weight is 243 g/mol. The van der Waals surface area contributed by atoms with Crippen molar-refractivity contribution in [3.05, 3.63) is 30.5 Å². The lowest BCUT2D eigenvalue weighted by Crippen LogP contribution is -2.10. The van der Waals surface area contributed by atoms with Crippen LogP contribution in [0.3, 0.4) is 0 Å². The molecule has 1 aromatic carbocycles. The number of hydrogen-bond donors (Lipinski definition) is 1. The summed E-state index contributed by atoms with van der Waals surface area (Å²) < 4.78 is 5.36. The fourth-order valence-electron chi connectivity index (χ4n) is 2.26. The molecule has 0 aliphatic carbocycles. The molecule has 1 fully saturated rings. The first-order chi connectivity index (χ1) is 8.92.